The van der Waals surface area contributed by atoms with Gasteiger partial charge in [-0.2, -0.15) is 0 Å². The monoisotopic (exact) mass is 380 g/mol. The Morgan fingerprint density at radius 3 is 2.18 bits per heavy atom. The number of rotatable bonds is 5. The van der Waals surface area contributed by atoms with Crippen LogP contribution in [0.25, 0.3) is 0 Å². The summed E-state index contributed by atoms with van der Waals surface area (Å²) in [6, 6.07) is 12.7. The zero-order valence-electron chi connectivity index (χ0n) is 16.7. The Morgan fingerprint density at radius 1 is 0.929 bits per heavy atom. The van der Waals surface area contributed by atoms with Crippen LogP contribution in [0.15, 0.2) is 42.5 Å². The van der Waals surface area contributed by atoms with E-state index in [1.54, 1.807) is 24.3 Å². The summed E-state index contributed by atoms with van der Waals surface area (Å²) in [6.07, 6.45) is 2.48. The number of nitrogens with one attached hydrogen (secondary N) is 3. The second-order valence-corrected chi connectivity index (χ2v) is 7.48. The van der Waals surface area contributed by atoms with Gasteiger partial charge in [0, 0.05) is 41.8 Å². The topological polar surface area (TPSA) is 73.5 Å². The van der Waals surface area contributed by atoms with Crippen molar-refractivity contribution in [2.24, 2.45) is 0 Å². The van der Waals surface area contributed by atoms with Crippen molar-refractivity contribution in [3.05, 3.63) is 53.6 Å². The Kier molecular flexibility index (Phi) is 6.19. The van der Waals surface area contributed by atoms with Crippen LogP contribution in [0.2, 0.25) is 0 Å². The fraction of sp³-hybridized carbons (Fsp3) is 0.364. The Labute approximate surface area is 166 Å². The molecule has 1 saturated heterocycles. The van der Waals surface area contributed by atoms with Crippen LogP contribution < -0.4 is 20.9 Å². The zero-order chi connectivity index (χ0) is 20.1. The van der Waals surface area contributed by atoms with E-state index >= 15 is 0 Å². The molecule has 0 radical (unpaired) electrons. The van der Waals surface area contributed by atoms with Gasteiger partial charge < -0.3 is 20.9 Å². The van der Waals surface area contributed by atoms with Crippen molar-refractivity contribution < 1.29 is 9.59 Å². The third-order valence-corrected chi connectivity index (χ3v) is 4.73. The van der Waals surface area contributed by atoms with E-state index in [1.807, 2.05) is 26.0 Å². The minimum atomic E-state index is -0.263. The van der Waals surface area contributed by atoms with Gasteiger partial charge in [0.15, 0.2) is 0 Å². The summed E-state index contributed by atoms with van der Waals surface area (Å²) in [5.41, 5.74) is 4.36. The standard InChI is InChI=1S/C22H28N4O2/c1-15(2)23-22(28)25-18-8-6-17(7-9-18)21(27)24-19-10-11-20(16(3)14-19)26-12-4-5-13-26/h6-11,14-15H,4-5,12-13H2,1-3H3,(H,24,27)(H2,23,25,28). The number of carbonyl (C=O) groups excluding carboxylic acids is 2. The summed E-state index contributed by atoms with van der Waals surface area (Å²) in [5.74, 6) is -0.175. The van der Waals surface area contributed by atoms with Gasteiger partial charge in [0.05, 0.1) is 0 Å². The van der Waals surface area contributed by atoms with Crippen molar-refractivity contribution in [3.8, 4) is 0 Å². The Balaban J connectivity index is 1.61. The highest BCUT2D eigenvalue weighted by Gasteiger charge is 2.15. The largest absolute Gasteiger partial charge is 0.371 e. The molecule has 1 aliphatic heterocycles. The van der Waals surface area contributed by atoms with Gasteiger partial charge in [-0.3, -0.25) is 4.79 Å². The number of benzene rings is 2. The summed E-state index contributed by atoms with van der Waals surface area (Å²) in [6.45, 7) is 8.06. The summed E-state index contributed by atoms with van der Waals surface area (Å²) < 4.78 is 0. The Morgan fingerprint density at radius 2 is 1.57 bits per heavy atom. The predicted molar refractivity (Wildman–Crippen MR) is 114 cm³/mol. The van der Waals surface area contributed by atoms with Gasteiger partial charge in [-0.25, -0.2) is 4.79 Å². The summed E-state index contributed by atoms with van der Waals surface area (Å²) >= 11 is 0. The SMILES string of the molecule is Cc1cc(NC(=O)c2ccc(NC(=O)NC(C)C)cc2)ccc1N1CCCC1. The Hall–Kier alpha value is -3.02. The van der Waals surface area contributed by atoms with Crippen molar-refractivity contribution in [3.63, 3.8) is 0 Å². The maximum atomic E-state index is 12.5. The number of nitrogens with zero attached hydrogens (tertiary/aromatic N) is 1. The lowest BCUT2D eigenvalue weighted by atomic mass is 10.1. The predicted octanol–water partition coefficient (Wildman–Crippen LogP) is 4.38. The van der Waals surface area contributed by atoms with E-state index in [-0.39, 0.29) is 18.0 Å². The molecular weight excluding hydrogens is 352 g/mol. The van der Waals surface area contributed by atoms with Crippen LogP contribution >= 0.6 is 0 Å². The fourth-order valence-corrected chi connectivity index (χ4v) is 3.38. The lowest BCUT2D eigenvalue weighted by Crippen LogP contribution is -2.34. The number of amides is 3. The molecular formula is C22H28N4O2. The second kappa shape index (κ2) is 8.78. The van der Waals surface area contributed by atoms with Crippen LogP contribution in [0.4, 0.5) is 21.9 Å². The highest BCUT2D eigenvalue weighted by molar-refractivity contribution is 6.04. The minimum absolute atomic E-state index is 0.0605. The molecule has 1 fully saturated rings. The van der Waals surface area contributed by atoms with Crippen LogP contribution in [-0.4, -0.2) is 31.1 Å². The van der Waals surface area contributed by atoms with Crippen molar-refractivity contribution in [2.45, 2.75) is 39.7 Å². The van der Waals surface area contributed by atoms with E-state index in [0.29, 0.717) is 11.3 Å². The van der Waals surface area contributed by atoms with E-state index in [1.165, 1.54) is 18.5 Å². The molecule has 0 aromatic heterocycles. The molecule has 1 aliphatic rings. The van der Waals surface area contributed by atoms with Crippen molar-refractivity contribution >= 4 is 29.0 Å². The summed E-state index contributed by atoms with van der Waals surface area (Å²) in [5, 5.41) is 8.45. The molecule has 0 atom stereocenters. The zero-order valence-corrected chi connectivity index (χ0v) is 16.7. The summed E-state index contributed by atoms with van der Waals surface area (Å²) in [7, 11) is 0. The first-order chi connectivity index (χ1) is 13.4. The average Bonchev–Trinajstić information content (AvgIpc) is 3.16. The van der Waals surface area contributed by atoms with Gasteiger partial charge in [-0.15, -0.1) is 0 Å². The maximum Gasteiger partial charge on any atom is 0.319 e. The molecule has 0 spiro atoms. The van der Waals surface area contributed by atoms with Crippen LogP contribution in [0, 0.1) is 6.92 Å². The molecule has 6 heteroatoms. The number of urea groups is 1. The quantitative estimate of drug-likeness (QED) is 0.721. The first-order valence-corrected chi connectivity index (χ1v) is 9.77. The van der Waals surface area contributed by atoms with Crippen LogP contribution in [-0.2, 0) is 0 Å². The smallest absolute Gasteiger partial charge is 0.319 e. The van der Waals surface area contributed by atoms with E-state index < -0.39 is 0 Å². The van der Waals surface area contributed by atoms with Gasteiger partial charge >= 0.3 is 6.03 Å². The molecule has 0 aliphatic carbocycles. The molecule has 3 rings (SSSR count). The number of aryl methyl sites for hydroxylation is 1. The first kappa shape index (κ1) is 19.7. The third kappa shape index (κ3) is 5.03. The van der Waals surface area contributed by atoms with E-state index in [4.69, 9.17) is 0 Å². The molecule has 6 nitrogen and oxygen atoms in total. The van der Waals surface area contributed by atoms with Gasteiger partial charge in [0.1, 0.15) is 0 Å². The number of hydrogen-bond acceptors (Lipinski definition) is 3. The van der Waals surface area contributed by atoms with Crippen molar-refractivity contribution in [2.75, 3.05) is 28.6 Å². The fourth-order valence-electron chi connectivity index (χ4n) is 3.38. The lowest BCUT2D eigenvalue weighted by molar-refractivity contribution is 0.102. The van der Waals surface area contributed by atoms with E-state index in [2.05, 4.69) is 33.8 Å². The first-order valence-electron chi connectivity index (χ1n) is 9.77. The molecule has 0 saturated carbocycles. The van der Waals surface area contributed by atoms with Crippen molar-refractivity contribution in [1.29, 1.82) is 0 Å². The molecule has 3 N–H and O–H groups in total. The van der Waals surface area contributed by atoms with Crippen molar-refractivity contribution in [1.82, 2.24) is 5.32 Å². The normalized spacial score (nSPS) is 13.5. The van der Waals surface area contributed by atoms with Crippen LogP contribution in [0.3, 0.4) is 0 Å². The van der Waals surface area contributed by atoms with E-state index in [0.717, 1.165) is 24.3 Å². The lowest BCUT2D eigenvalue weighted by Gasteiger charge is -2.20. The molecule has 0 bridgehead atoms. The molecule has 0 unspecified atom stereocenters. The van der Waals surface area contributed by atoms with E-state index in [9.17, 15) is 9.59 Å². The van der Waals surface area contributed by atoms with Gasteiger partial charge in [0.2, 0.25) is 0 Å². The molecule has 3 amide bonds. The Bertz CT molecular complexity index is 840. The van der Waals surface area contributed by atoms with Gasteiger partial charge in [0.25, 0.3) is 5.91 Å². The second-order valence-electron chi connectivity index (χ2n) is 7.48. The molecule has 2 aromatic carbocycles. The molecule has 28 heavy (non-hydrogen) atoms. The van der Waals surface area contributed by atoms with Crippen LogP contribution in [0.1, 0.15) is 42.6 Å². The summed E-state index contributed by atoms with van der Waals surface area (Å²) in [4.78, 5) is 26.6. The minimum Gasteiger partial charge on any atom is -0.371 e. The average molecular weight is 380 g/mol. The maximum absolute atomic E-state index is 12.5. The number of carbonyl (C=O) groups is 2. The molecule has 2 aromatic rings. The number of anilines is 3. The van der Waals surface area contributed by atoms with Gasteiger partial charge in [-0.05, 0) is 81.6 Å². The van der Waals surface area contributed by atoms with Crippen LogP contribution in [0.5, 0.6) is 0 Å². The highest BCUT2D eigenvalue weighted by Crippen LogP contribution is 2.27. The molecule has 1 heterocycles. The highest BCUT2D eigenvalue weighted by atomic mass is 16.2. The third-order valence-electron chi connectivity index (χ3n) is 4.73. The van der Waals surface area contributed by atoms with Gasteiger partial charge in [-0.1, -0.05) is 0 Å². The molecule has 148 valence electrons. The number of hydrogen-bond donors (Lipinski definition) is 3.